The van der Waals surface area contributed by atoms with Crippen molar-refractivity contribution in [3.63, 3.8) is 0 Å². The van der Waals surface area contributed by atoms with Crippen molar-refractivity contribution in [2.24, 2.45) is 4.99 Å². The van der Waals surface area contributed by atoms with Gasteiger partial charge in [-0.2, -0.15) is 13.2 Å². The molecule has 7 nitrogen and oxygen atoms in total. The van der Waals surface area contributed by atoms with E-state index in [0.717, 1.165) is 17.2 Å². The highest BCUT2D eigenvalue weighted by Gasteiger charge is 2.37. The number of ether oxygens (including phenoxy) is 3. The van der Waals surface area contributed by atoms with Crippen LogP contribution in [-0.2, 0) is 35.2 Å². The van der Waals surface area contributed by atoms with Gasteiger partial charge >= 0.3 is 12.1 Å². The molecule has 0 spiro atoms. The second-order valence-electron chi connectivity index (χ2n) is 9.78. The van der Waals surface area contributed by atoms with E-state index in [1.165, 1.54) is 19.2 Å². The van der Waals surface area contributed by atoms with E-state index in [1.54, 1.807) is 24.0 Å². The Morgan fingerprint density at radius 3 is 2.51 bits per heavy atom. The fourth-order valence-electron chi connectivity index (χ4n) is 5.07. The maximum absolute atomic E-state index is 13.9. The van der Waals surface area contributed by atoms with Crippen LogP contribution in [-0.4, -0.2) is 36.8 Å². The number of benzene rings is 3. The van der Waals surface area contributed by atoms with Crippen LogP contribution in [0.2, 0.25) is 0 Å². The minimum atomic E-state index is -4.54. The molecule has 1 unspecified atom stereocenters. The molecule has 214 valence electrons. The van der Waals surface area contributed by atoms with Gasteiger partial charge in [0.25, 0.3) is 0 Å². The Hall–Kier alpha value is -4.47. The molecule has 1 N–H and O–H groups in total. The number of methoxy groups -OCH3 is 1. The van der Waals surface area contributed by atoms with Crippen LogP contribution in [0, 0.1) is 0 Å². The molecule has 2 aliphatic heterocycles. The molecule has 0 aliphatic carbocycles. The summed E-state index contributed by atoms with van der Waals surface area (Å²) in [5.74, 6) is 1.07. The van der Waals surface area contributed by atoms with E-state index in [0.29, 0.717) is 41.6 Å². The number of nitrogens with zero attached hydrogens (tertiary/aromatic N) is 2. The zero-order valence-electron chi connectivity index (χ0n) is 22.7. The number of carbonyl (C=O) groups excluding carboxylic acids is 1. The van der Waals surface area contributed by atoms with Crippen LogP contribution in [0.25, 0.3) is 0 Å². The lowest BCUT2D eigenvalue weighted by atomic mass is 9.95. The maximum atomic E-state index is 13.9. The highest BCUT2D eigenvalue weighted by molar-refractivity contribution is 5.95. The minimum Gasteiger partial charge on any atom is -0.466 e. The Labute approximate surface area is 236 Å². The van der Waals surface area contributed by atoms with Crippen molar-refractivity contribution in [1.29, 1.82) is 0 Å². The molecule has 2 heterocycles. The molecular weight excluding hydrogens is 535 g/mol. The Kier molecular flexibility index (Phi) is 8.19. The Bertz CT molecular complexity index is 1470. The quantitative estimate of drug-likeness (QED) is 0.346. The number of alkyl halides is 3. The van der Waals surface area contributed by atoms with Crippen molar-refractivity contribution in [2.45, 2.75) is 45.1 Å². The maximum Gasteiger partial charge on any atom is 0.416 e. The molecular formula is C31H30F3N3O4. The lowest BCUT2D eigenvalue weighted by Crippen LogP contribution is -2.52. The summed E-state index contributed by atoms with van der Waals surface area (Å²) in [4.78, 5) is 19.4. The number of aliphatic imine (C=N–C) groups is 1. The number of hydrogen-bond acceptors (Lipinski definition) is 5. The summed E-state index contributed by atoms with van der Waals surface area (Å²) in [5, 5.41) is 3.35. The fourth-order valence-corrected chi connectivity index (χ4v) is 5.07. The van der Waals surface area contributed by atoms with Gasteiger partial charge in [-0.25, -0.2) is 9.79 Å². The Morgan fingerprint density at radius 1 is 1.02 bits per heavy atom. The monoisotopic (exact) mass is 565 g/mol. The smallest absolute Gasteiger partial charge is 0.416 e. The topological polar surface area (TPSA) is 72.4 Å². The molecule has 41 heavy (non-hydrogen) atoms. The van der Waals surface area contributed by atoms with E-state index < -0.39 is 23.8 Å². The van der Waals surface area contributed by atoms with Gasteiger partial charge in [0.05, 0.1) is 37.4 Å². The summed E-state index contributed by atoms with van der Waals surface area (Å²) in [5.41, 5.74) is 2.08. The first-order valence-corrected chi connectivity index (χ1v) is 13.2. The molecule has 0 bridgehead atoms. The van der Waals surface area contributed by atoms with Crippen LogP contribution in [0.4, 0.5) is 13.2 Å². The van der Waals surface area contributed by atoms with Gasteiger partial charge in [0.15, 0.2) is 17.5 Å². The average molecular weight is 566 g/mol. The van der Waals surface area contributed by atoms with Crippen molar-refractivity contribution in [1.82, 2.24) is 10.2 Å². The van der Waals surface area contributed by atoms with Gasteiger partial charge in [-0.1, -0.05) is 54.6 Å². The van der Waals surface area contributed by atoms with Gasteiger partial charge in [-0.05, 0) is 54.7 Å². The number of allylic oxidation sites excluding steroid dienone is 1. The SMILES string of the molecule is COC(=O)C1=C(C)N(Cc2ccccc2C(F)(F)F)C(=NCc2ccc3c(c2)OCO3)NC1CCc1ccccc1. The van der Waals surface area contributed by atoms with Gasteiger partial charge in [0.2, 0.25) is 6.79 Å². The molecule has 0 saturated heterocycles. The van der Waals surface area contributed by atoms with Gasteiger partial charge in [0.1, 0.15) is 0 Å². The number of aryl methyl sites for hydroxylation is 1. The molecule has 0 radical (unpaired) electrons. The molecule has 10 heteroatoms. The summed E-state index contributed by atoms with van der Waals surface area (Å²) in [6, 6.07) is 20.3. The van der Waals surface area contributed by atoms with E-state index in [9.17, 15) is 18.0 Å². The molecule has 2 aliphatic rings. The number of fused-ring (bicyclic) bond motifs is 1. The minimum absolute atomic E-state index is 0.0591. The lowest BCUT2D eigenvalue weighted by molar-refractivity contribution is -0.139. The number of esters is 1. The number of halogens is 3. The lowest BCUT2D eigenvalue weighted by Gasteiger charge is -2.38. The molecule has 5 rings (SSSR count). The largest absolute Gasteiger partial charge is 0.466 e. The van der Waals surface area contributed by atoms with E-state index >= 15 is 0 Å². The van der Waals surface area contributed by atoms with Crippen molar-refractivity contribution in [3.05, 3.63) is 106 Å². The van der Waals surface area contributed by atoms with Crippen molar-refractivity contribution in [3.8, 4) is 11.5 Å². The number of carbonyl (C=O) groups is 1. The second-order valence-corrected chi connectivity index (χ2v) is 9.78. The van der Waals surface area contributed by atoms with E-state index in [4.69, 9.17) is 19.2 Å². The van der Waals surface area contributed by atoms with E-state index in [-0.39, 0.29) is 25.4 Å². The van der Waals surface area contributed by atoms with Crippen LogP contribution in [0.3, 0.4) is 0 Å². The normalized spacial score (nSPS) is 17.5. The zero-order chi connectivity index (χ0) is 29.0. The molecule has 0 saturated carbocycles. The van der Waals surface area contributed by atoms with Crippen LogP contribution in [0.5, 0.6) is 11.5 Å². The predicted octanol–water partition coefficient (Wildman–Crippen LogP) is 5.84. The van der Waals surface area contributed by atoms with E-state index in [2.05, 4.69) is 5.32 Å². The number of hydrogen-bond donors (Lipinski definition) is 1. The number of guanidine groups is 1. The van der Waals surface area contributed by atoms with Crippen LogP contribution in [0.1, 0.15) is 35.6 Å². The number of rotatable bonds is 8. The third-order valence-corrected chi connectivity index (χ3v) is 7.17. The van der Waals surface area contributed by atoms with Crippen molar-refractivity contribution < 1.29 is 32.2 Å². The molecule has 0 amide bonds. The van der Waals surface area contributed by atoms with E-state index in [1.807, 2.05) is 42.5 Å². The average Bonchev–Trinajstić information content (AvgIpc) is 3.44. The summed E-state index contributed by atoms with van der Waals surface area (Å²) in [6.07, 6.45) is -3.33. The third kappa shape index (κ3) is 6.32. The Morgan fingerprint density at radius 2 is 1.76 bits per heavy atom. The molecule has 0 fully saturated rings. The van der Waals surface area contributed by atoms with Crippen LogP contribution < -0.4 is 14.8 Å². The fraction of sp³-hybridized carbons (Fsp3) is 0.290. The first-order valence-electron chi connectivity index (χ1n) is 13.2. The molecule has 0 aromatic heterocycles. The second kappa shape index (κ2) is 12.0. The molecule has 3 aromatic rings. The summed E-state index contributed by atoms with van der Waals surface area (Å²) in [7, 11) is 1.30. The zero-order valence-corrected chi connectivity index (χ0v) is 22.7. The van der Waals surface area contributed by atoms with Gasteiger partial charge in [-0.3, -0.25) is 0 Å². The van der Waals surface area contributed by atoms with Crippen molar-refractivity contribution >= 4 is 11.9 Å². The Balaban J connectivity index is 1.53. The van der Waals surface area contributed by atoms with Gasteiger partial charge < -0.3 is 24.4 Å². The molecule has 1 atom stereocenters. The van der Waals surface area contributed by atoms with Crippen LogP contribution in [0.15, 0.2) is 89.1 Å². The number of nitrogens with one attached hydrogen (secondary N) is 1. The summed E-state index contributed by atoms with van der Waals surface area (Å²) >= 11 is 0. The first kappa shape index (κ1) is 28.1. The predicted molar refractivity (Wildman–Crippen MR) is 147 cm³/mol. The van der Waals surface area contributed by atoms with Gasteiger partial charge in [0, 0.05) is 5.70 Å². The standard InChI is InChI=1S/C31H30F3N3O4/c1-20-28(29(38)39-2)25(14-12-21-8-4-3-5-9-21)36-30(35-17-22-13-15-26-27(16-22)41-19-40-26)37(20)18-23-10-6-7-11-24(23)31(32,33)34/h3-11,13,15-16,25H,12,14,17-19H2,1-2H3,(H,35,36). The van der Waals surface area contributed by atoms with Crippen molar-refractivity contribution in [2.75, 3.05) is 13.9 Å². The van der Waals surface area contributed by atoms with Gasteiger partial charge in [-0.15, -0.1) is 0 Å². The first-order chi connectivity index (χ1) is 19.7. The molecule has 3 aromatic carbocycles. The highest BCUT2D eigenvalue weighted by atomic mass is 19.4. The summed E-state index contributed by atoms with van der Waals surface area (Å²) in [6.45, 7) is 1.93. The third-order valence-electron chi connectivity index (χ3n) is 7.17. The highest BCUT2D eigenvalue weighted by Crippen LogP contribution is 2.35. The summed E-state index contributed by atoms with van der Waals surface area (Å²) < 4.78 is 57.6. The van der Waals surface area contributed by atoms with Crippen LogP contribution >= 0.6 is 0 Å².